The van der Waals surface area contributed by atoms with Crippen LogP contribution in [0.4, 0.5) is 0 Å². The van der Waals surface area contributed by atoms with Gasteiger partial charge in [0, 0.05) is 10.9 Å². The Kier molecular flexibility index (Phi) is 4.39. The number of thiazole rings is 1. The van der Waals surface area contributed by atoms with Crippen molar-refractivity contribution in [3.8, 4) is 17.0 Å². The Bertz CT molecular complexity index is 597. The molecule has 1 N–H and O–H groups in total. The van der Waals surface area contributed by atoms with Crippen molar-refractivity contribution < 1.29 is 14.6 Å². The van der Waals surface area contributed by atoms with Gasteiger partial charge in [-0.1, -0.05) is 11.6 Å². The minimum atomic E-state index is -0.884. The lowest BCUT2D eigenvalue weighted by Crippen LogP contribution is -1.99. The molecule has 0 unspecified atom stereocenters. The summed E-state index contributed by atoms with van der Waals surface area (Å²) in [6.45, 7) is 2.45. The van der Waals surface area contributed by atoms with Gasteiger partial charge in [0.1, 0.15) is 10.8 Å². The second kappa shape index (κ2) is 6.04. The average molecular weight is 298 g/mol. The summed E-state index contributed by atoms with van der Waals surface area (Å²) in [6, 6.07) is 5.42. The van der Waals surface area contributed by atoms with Crippen molar-refractivity contribution in [3.63, 3.8) is 0 Å². The molecule has 0 aliphatic heterocycles. The van der Waals surface area contributed by atoms with Crippen LogP contribution in [0, 0.1) is 0 Å². The Balaban J connectivity index is 2.24. The van der Waals surface area contributed by atoms with Crippen LogP contribution in [-0.2, 0) is 11.2 Å². The molecule has 0 bridgehead atoms. The molecule has 0 saturated carbocycles. The quantitative estimate of drug-likeness (QED) is 0.918. The number of halogens is 1. The Morgan fingerprint density at radius 2 is 2.32 bits per heavy atom. The zero-order valence-corrected chi connectivity index (χ0v) is 11.8. The van der Waals surface area contributed by atoms with Gasteiger partial charge in [-0.15, -0.1) is 11.3 Å². The zero-order chi connectivity index (χ0) is 13.8. The van der Waals surface area contributed by atoms with E-state index in [0.717, 1.165) is 11.3 Å². The van der Waals surface area contributed by atoms with Gasteiger partial charge >= 0.3 is 5.97 Å². The zero-order valence-electron chi connectivity index (χ0n) is 10.2. The molecule has 0 radical (unpaired) electrons. The van der Waals surface area contributed by atoms with E-state index in [1.54, 1.807) is 12.1 Å². The SMILES string of the molecule is CCOc1ccc(-c2csc(CC(=O)O)n2)cc1Cl. The fourth-order valence-corrected chi connectivity index (χ4v) is 2.62. The van der Waals surface area contributed by atoms with Gasteiger partial charge in [-0.25, -0.2) is 4.98 Å². The molecule has 1 aromatic carbocycles. The van der Waals surface area contributed by atoms with Crippen LogP contribution in [0.5, 0.6) is 5.75 Å². The molecule has 0 amide bonds. The summed E-state index contributed by atoms with van der Waals surface area (Å²) in [6.07, 6.45) is -0.0601. The second-order valence-corrected chi connectivity index (χ2v) is 5.13. The first kappa shape index (κ1) is 13.8. The van der Waals surface area contributed by atoms with Crippen LogP contribution in [0.3, 0.4) is 0 Å². The molecule has 2 rings (SSSR count). The number of aliphatic carboxylic acids is 1. The highest BCUT2D eigenvalue weighted by Crippen LogP contribution is 2.31. The van der Waals surface area contributed by atoms with Crippen molar-refractivity contribution in [1.82, 2.24) is 4.98 Å². The molecule has 19 heavy (non-hydrogen) atoms. The van der Waals surface area contributed by atoms with Gasteiger partial charge < -0.3 is 9.84 Å². The number of rotatable bonds is 5. The van der Waals surface area contributed by atoms with Crippen LogP contribution < -0.4 is 4.74 Å². The normalized spacial score (nSPS) is 10.4. The summed E-state index contributed by atoms with van der Waals surface area (Å²) < 4.78 is 5.36. The van der Waals surface area contributed by atoms with Crippen molar-refractivity contribution in [2.24, 2.45) is 0 Å². The lowest BCUT2D eigenvalue weighted by Gasteiger charge is -2.06. The summed E-state index contributed by atoms with van der Waals surface area (Å²) in [4.78, 5) is 14.9. The molecule has 0 fully saturated rings. The Labute approximate surface area is 119 Å². The molecular formula is C13H12ClNO3S. The number of hydrogen-bond acceptors (Lipinski definition) is 4. The number of carboxylic acid groups (broad SMARTS) is 1. The highest BCUT2D eigenvalue weighted by Gasteiger charge is 2.10. The summed E-state index contributed by atoms with van der Waals surface area (Å²) in [5.74, 6) is -0.250. The van der Waals surface area contributed by atoms with Crippen molar-refractivity contribution in [1.29, 1.82) is 0 Å². The summed E-state index contributed by atoms with van der Waals surface area (Å²) in [5.41, 5.74) is 1.58. The Hall–Kier alpha value is -1.59. The van der Waals surface area contributed by atoms with Gasteiger partial charge in [-0.2, -0.15) is 0 Å². The summed E-state index contributed by atoms with van der Waals surface area (Å²) in [5, 5.41) is 11.6. The Morgan fingerprint density at radius 1 is 1.53 bits per heavy atom. The monoisotopic (exact) mass is 297 g/mol. The second-order valence-electron chi connectivity index (χ2n) is 3.78. The summed E-state index contributed by atoms with van der Waals surface area (Å²) in [7, 11) is 0. The Morgan fingerprint density at radius 3 is 2.95 bits per heavy atom. The van der Waals surface area contributed by atoms with Crippen LogP contribution in [-0.4, -0.2) is 22.7 Å². The van der Waals surface area contributed by atoms with Crippen molar-refractivity contribution in [2.75, 3.05) is 6.61 Å². The smallest absolute Gasteiger partial charge is 0.310 e. The maximum Gasteiger partial charge on any atom is 0.310 e. The number of hydrogen-bond donors (Lipinski definition) is 1. The fourth-order valence-electron chi connectivity index (χ4n) is 1.59. The molecule has 1 heterocycles. The average Bonchev–Trinajstić information content (AvgIpc) is 2.79. The molecule has 4 nitrogen and oxygen atoms in total. The first-order valence-electron chi connectivity index (χ1n) is 5.69. The molecule has 0 spiro atoms. The van der Waals surface area contributed by atoms with E-state index in [1.807, 2.05) is 18.4 Å². The van der Waals surface area contributed by atoms with Crippen LogP contribution >= 0.6 is 22.9 Å². The minimum absolute atomic E-state index is 0.0601. The molecule has 1 aromatic heterocycles. The van der Waals surface area contributed by atoms with E-state index in [2.05, 4.69) is 4.98 Å². The van der Waals surface area contributed by atoms with Crippen LogP contribution in [0.25, 0.3) is 11.3 Å². The number of ether oxygens (including phenoxy) is 1. The molecule has 0 atom stereocenters. The topological polar surface area (TPSA) is 59.4 Å². The predicted octanol–water partition coefficient (Wildman–Crippen LogP) is 3.49. The third-order valence-corrected chi connectivity index (χ3v) is 3.53. The molecule has 0 aliphatic carbocycles. The van der Waals surface area contributed by atoms with E-state index in [9.17, 15) is 4.79 Å². The lowest BCUT2D eigenvalue weighted by atomic mass is 10.1. The first-order valence-corrected chi connectivity index (χ1v) is 6.95. The molecule has 0 aliphatic rings. The fraction of sp³-hybridized carbons (Fsp3) is 0.231. The van der Waals surface area contributed by atoms with Crippen molar-refractivity contribution in [2.45, 2.75) is 13.3 Å². The standard InChI is InChI=1S/C13H12ClNO3S/c1-2-18-11-4-3-8(5-9(11)14)10-7-19-12(15-10)6-13(16)17/h3-5,7H,2,6H2,1H3,(H,16,17). The van der Waals surface area contributed by atoms with Crippen molar-refractivity contribution in [3.05, 3.63) is 33.6 Å². The number of carbonyl (C=O) groups is 1. The number of nitrogens with zero attached hydrogens (tertiary/aromatic N) is 1. The van der Waals surface area contributed by atoms with Gasteiger partial charge in [-0.3, -0.25) is 4.79 Å². The van der Waals surface area contributed by atoms with Gasteiger partial charge in [0.15, 0.2) is 0 Å². The van der Waals surface area contributed by atoms with Gasteiger partial charge in [-0.05, 0) is 25.1 Å². The van der Waals surface area contributed by atoms with Crippen molar-refractivity contribution >= 4 is 28.9 Å². The van der Waals surface area contributed by atoms with E-state index in [-0.39, 0.29) is 6.42 Å². The predicted molar refractivity (Wildman–Crippen MR) is 75.1 cm³/mol. The van der Waals surface area contributed by atoms with Crippen LogP contribution in [0.15, 0.2) is 23.6 Å². The van der Waals surface area contributed by atoms with E-state index < -0.39 is 5.97 Å². The van der Waals surface area contributed by atoms with Crippen LogP contribution in [0.1, 0.15) is 11.9 Å². The van der Waals surface area contributed by atoms with Gasteiger partial charge in [0.05, 0.1) is 23.7 Å². The maximum atomic E-state index is 10.6. The van der Waals surface area contributed by atoms with E-state index >= 15 is 0 Å². The maximum absolute atomic E-state index is 10.6. The minimum Gasteiger partial charge on any atom is -0.492 e. The lowest BCUT2D eigenvalue weighted by molar-refractivity contribution is -0.136. The van der Waals surface area contributed by atoms with Crippen LogP contribution in [0.2, 0.25) is 5.02 Å². The van der Waals surface area contributed by atoms with E-state index in [4.69, 9.17) is 21.4 Å². The van der Waals surface area contributed by atoms with E-state index in [1.165, 1.54) is 11.3 Å². The largest absolute Gasteiger partial charge is 0.492 e. The van der Waals surface area contributed by atoms with Gasteiger partial charge in [0.2, 0.25) is 0 Å². The molecular weight excluding hydrogens is 286 g/mol. The van der Waals surface area contributed by atoms with E-state index in [0.29, 0.717) is 22.4 Å². The molecule has 6 heteroatoms. The highest BCUT2D eigenvalue weighted by molar-refractivity contribution is 7.10. The first-order chi connectivity index (χ1) is 9.10. The molecule has 2 aromatic rings. The highest BCUT2D eigenvalue weighted by atomic mass is 35.5. The molecule has 0 saturated heterocycles. The number of aromatic nitrogens is 1. The summed E-state index contributed by atoms with van der Waals surface area (Å²) >= 11 is 7.43. The number of carboxylic acids is 1. The third kappa shape index (κ3) is 3.45. The third-order valence-electron chi connectivity index (χ3n) is 2.38. The van der Waals surface area contributed by atoms with Gasteiger partial charge in [0.25, 0.3) is 0 Å². The number of benzene rings is 1. The molecule has 100 valence electrons.